The summed E-state index contributed by atoms with van der Waals surface area (Å²) in [4.78, 5) is 35.9. The van der Waals surface area contributed by atoms with Crippen molar-refractivity contribution in [2.45, 2.75) is 44.0 Å². The molecule has 0 atom stereocenters. The van der Waals surface area contributed by atoms with E-state index < -0.39 is 6.36 Å². The van der Waals surface area contributed by atoms with E-state index in [0.29, 0.717) is 34.9 Å². The number of halogens is 4. The van der Waals surface area contributed by atoms with E-state index in [1.165, 1.54) is 24.3 Å². The van der Waals surface area contributed by atoms with Gasteiger partial charge in [-0.1, -0.05) is 60.1 Å². The van der Waals surface area contributed by atoms with Crippen molar-refractivity contribution in [1.82, 2.24) is 14.9 Å². The predicted molar refractivity (Wildman–Crippen MR) is 148 cm³/mol. The van der Waals surface area contributed by atoms with Gasteiger partial charge in [0.25, 0.3) is 5.56 Å². The zero-order chi connectivity index (χ0) is 28.8. The van der Waals surface area contributed by atoms with Crippen LogP contribution in [0.3, 0.4) is 0 Å². The lowest BCUT2D eigenvalue weighted by Crippen LogP contribution is -2.41. The van der Waals surface area contributed by atoms with E-state index in [-0.39, 0.29) is 35.6 Å². The monoisotopic (exact) mass is 579 g/mol. The molecule has 1 aliphatic carbocycles. The second-order valence-electron chi connectivity index (χ2n) is 10.4. The highest BCUT2D eigenvalue weighted by Crippen LogP contribution is 2.52. The molecule has 1 aromatic heterocycles. The van der Waals surface area contributed by atoms with Crippen LogP contribution < -0.4 is 10.3 Å². The van der Waals surface area contributed by atoms with E-state index in [2.05, 4.69) is 9.72 Å². The average Bonchev–Trinajstić information content (AvgIpc) is 3.75. The molecule has 3 aromatic carbocycles. The first-order valence-electron chi connectivity index (χ1n) is 13.2. The fourth-order valence-corrected chi connectivity index (χ4v) is 5.62. The molecule has 2 heterocycles. The number of rotatable bonds is 6. The molecule has 1 saturated carbocycles. The van der Waals surface area contributed by atoms with Crippen LogP contribution in [0.15, 0.2) is 77.6 Å². The van der Waals surface area contributed by atoms with Gasteiger partial charge in [-0.2, -0.15) is 0 Å². The van der Waals surface area contributed by atoms with Crippen LogP contribution in [0.2, 0.25) is 5.02 Å². The van der Waals surface area contributed by atoms with Crippen molar-refractivity contribution in [3.63, 3.8) is 0 Å². The van der Waals surface area contributed by atoms with Gasteiger partial charge in [-0.05, 0) is 59.4 Å². The topological polar surface area (TPSA) is 75.3 Å². The summed E-state index contributed by atoms with van der Waals surface area (Å²) in [5.74, 6) is 0.229. The lowest BCUT2D eigenvalue weighted by atomic mass is 9.94. The number of hydrogen-bond acceptors (Lipinski definition) is 4. The third kappa shape index (κ3) is 5.72. The molecule has 210 valence electrons. The van der Waals surface area contributed by atoms with Gasteiger partial charge in [0.1, 0.15) is 11.6 Å². The van der Waals surface area contributed by atoms with Gasteiger partial charge in [0.15, 0.2) is 0 Å². The number of nitrogens with zero attached hydrogens (tertiary/aromatic N) is 2. The summed E-state index contributed by atoms with van der Waals surface area (Å²) in [6.07, 6.45) is -2.39. The number of benzene rings is 3. The maximum atomic E-state index is 13.2. The van der Waals surface area contributed by atoms with Crippen LogP contribution in [0.4, 0.5) is 13.2 Å². The maximum Gasteiger partial charge on any atom is 0.573 e. The molecule has 4 aromatic rings. The van der Waals surface area contributed by atoms with Gasteiger partial charge >= 0.3 is 6.36 Å². The summed E-state index contributed by atoms with van der Waals surface area (Å²) >= 11 is 6.21. The minimum Gasteiger partial charge on any atom is -0.406 e. The zero-order valence-electron chi connectivity index (χ0n) is 21.8. The van der Waals surface area contributed by atoms with Gasteiger partial charge in [-0.15, -0.1) is 13.2 Å². The Balaban J connectivity index is 1.15. The molecule has 1 N–H and O–H groups in total. The molecule has 0 unspecified atom stereocenters. The largest absolute Gasteiger partial charge is 0.573 e. The molecule has 41 heavy (non-hydrogen) atoms. The van der Waals surface area contributed by atoms with Crippen LogP contribution in [0.5, 0.6) is 5.75 Å². The Morgan fingerprint density at radius 2 is 1.78 bits per heavy atom. The van der Waals surface area contributed by atoms with E-state index in [4.69, 9.17) is 16.6 Å². The molecule has 0 spiro atoms. The molecule has 0 bridgehead atoms. The molecular weight excluding hydrogens is 555 g/mol. The lowest BCUT2D eigenvalue weighted by Gasteiger charge is -2.29. The lowest BCUT2D eigenvalue weighted by molar-refractivity contribution is -0.274. The number of carbonyl (C=O) groups excluding carboxylic acids is 1. The second kappa shape index (κ2) is 10.4. The first-order chi connectivity index (χ1) is 19.6. The first kappa shape index (κ1) is 27.1. The number of H-pyrrole nitrogens is 1. The second-order valence-corrected chi connectivity index (χ2v) is 10.9. The van der Waals surface area contributed by atoms with Crippen LogP contribution in [-0.4, -0.2) is 33.7 Å². The number of aromatic amines is 1. The summed E-state index contributed by atoms with van der Waals surface area (Å²) < 4.78 is 41.3. The van der Waals surface area contributed by atoms with Crippen molar-refractivity contribution < 1.29 is 22.7 Å². The van der Waals surface area contributed by atoms with Crippen molar-refractivity contribution in [3.8, 4) is 16.9 Å². The number of nitrogens with one attached hydrogen (secondary N) is 1. The molecule has 6 rings (SSSR count). The number of alkyl halides is 3. The van der Waals surface area contributed by atoms with E-state index in [0.717, 1.165) is 35.2 Å². The summed E-state index contributed by atoms with van der Waals surface area (Å²) in [5, 5.41) is 0.641. The number of carbonyl (C=O) groups is 1. The average molecular weight is 580 g/mol. The fourth-order valence-electron chi connectivity index (χ4n) is 5.43. The van der Waals surface area contributed by atoms with Crippen LogP contribution in [0, 0.1) is 0 Å². The molecule has 2 aliphatic rings. The number of fused-ring (bicyclic) bond motifs is 1. The van der Waals surface area contributed by atoms with Gasteiger partial charge in [-0.3, -0.25) is 9.59 Å². The SMILES string of the molecule is O=C(Cc1cccc(-c2ccc(OC(F)(F)F)cc2)c1)N1CCc2nc(C3(c4cccc(Cl)c4)CC3)[nH]c(=O)c2C1. The molecule has 10 heteroatoms. The number of amides is 1. The Labute approximate surface area is 238 Å². The maximum absolute atomic E-state index is 13.2. The van der Waals surface area contributed by atoms with Gasteiger partial charge in [0.05, 0.1) is 29.6 Å². The fraction of sp³-hybridized carbons (Fsp3) is 0.258. The number of aromatic nitrogens is 2. The third-order valence-corrected chi connectivity index (χ3v) is 7.94. The van der Waals surface area contributed by atoms with Crippen molar-refractivity contribution in [2.24, 2.45) is 0 Å². The summed E-state index contributed by atoms with van der Waals surface area (Å²) in [6, 6.07) is 20.5. The minimum atomic E-state index is -4.75. The van der Waals surface area contributed by atoms with Crippen LogP contribution in [0.25, 0.3) is 11.1 Å². The molecule has 0 saturated heterocycles. The standard InChI is InChI=1S/C31H25ClF3N3O3/c32-23-6-2-5-22(17-23)30(12-13-30)29-36-26-11-14-38(18-25(26)28(40)37-29)27(39)16-19-3-1-4-21(15-19)20-7-9-24(10-8-20)41-31(33,34)35/h1-10,15,17H,11-14,16,18H2,(H,36,37,40). The summed E-state index contributed by atoms with van der Waals surface area (Å²) in [6.45, 7) is 0.632. The predicted octanol–water partition coefficient (Wildman–Crippen LogP) is 6.20. The molecule has 0 radical (unpaired) electrons. The summed E-state index contributed by atoms with van der Waals surface area (Å²) in [5.41, 5.74) is 3.92. The molecule has 1 amide bonds. The molecular formula is C31H25ClF3N3O3. The highest BCUT2D eigenvalue weighted by molar-refractivity contribution is 6.30. The number of hydrogen-bond donors (Lipinski definition) is 1. The van der Waals surface area contributed by atoms with Gasteiger partial charge in [0.2, 0.25) is 5.91 Å². The van der Waals surface area contributed by atoms with Gasteiger partial charge in [-0.25, -0.2) is 4.98 Å². The molecule has 1 aliphatic heterocycles. The first-order valence-corrected chi connectivity index (χ1v) is 13.6. The smallest absolute Gasteiger partial charge is 0.406 e. The Morgan fingerprint density at radius 1 is 1.02 bits per heavy atom. The van der Waals surface area contributed by atoms with Crippen molar-refractivity contribution >= 4 is 17.5 Å². The Bertz CT molecular complexity index is 1680. The van der Waals surface area contributed by atoms with E-state index >= 15 is 0 Å². The Morgan fingerprint density at radius 3 is 2.49 bits per heavy atom. The third-order valence-electron chi connectivity index (χ3n) is 7.71. The van der Waals surface area contributed by atoms with E-state index in [1.54, 1.807) is 11.0 Å². The van der Waals surface area contributed by atoms with Crippen molar-refractivity contribution in [2.75, 3.05) is 6.54 Å². The molecule has 6 nitrogen and oxygen atoms in total. The van der Waals surface area contributed by atoms with Crippen LogP contribution in [0.1, 0.15) is 41.1 Å². The normalized spacial score (nSPS) is 15.8. The van der Waals surface area contributed by atoms with Gasteiger partial charge in [0, 0.05) is 18.0 Å². The Hall–Kier alpha value is -4.11. The minimum absolute atomic E-state index is 0.122. The highest BCUT2D eigenvalue weighted by atomic mass is 35.5. The highest BCUT2D eigenvalue weighted by Gasteiger charge is 2.49. The van der Waals surface area contributed by atoms with Crippen LogP contribution in [-0.2, 0) is 29.6 Å². The summed E-state index contributed by atoms with van der Waals surface area (Å²) in [7, 11) is 0. The number of ether oxygens (including phenoxy) is 1. The molecule has 1 fully saturated rings. The zero-order valence-corrected chi connectivity index (χ0v) is 22.6. The van der Waals surface area contributed by atoms with E-state index in [9.17, 15) is 22.8 Å². The Kier molecular flexibility index (Phi) is 6.85. The van der Waals surface area contributed by atoms with Crippen molar-refractivity contribution in [3.05, 3.63) is 116 Å². The van der Waals surface area contributed by atoms with Crippen LogP contribution >= 0.6 is 11.6 Å². The quantitative estimate of drug-likeness (QED) is 0.295. The van der Waals surface area contributed by atoms with Gasteiger partial charge < -0.3 is 14.6 Å². The van der Waals surface area contributed by atoms with Crippen molar-refractivity contribution in [1.29, 1.82) is 0 Å². The van der Waals surface area contributed by atoms with E-state index in [1.807, 2.05) is 42.5 Å².